The van der Waals surface area contributed by atoms with Crippen LogP contribution in [0.25, 0.3) is 0 Å². The SMILES string of the molecule is Cc1ccc(NC(=O)NC[C]=O)cc1. The Morgan fingerprint density at radius 2 is 2.00 bits per heavy atom. The number of aryl methyl sites for hydroxylation is 1. The number of nitrogens with one attached hydrogen (secondary N) is 2. The predicted molar refractivity (Wildman–Crippen MR) is 53.9 cm³/mol. The number of carbonyl (C=O) groups is 1. The van der Waals surface area contributed by atoms with Crippen molar-refractivity contribution in [2.75, 3.05) is 11.9 Å². The van der Waals surface area contributed by atoms with Gasteiger partial charge < -0.3 is 10.6 Å². The van der Waals surface area contributed by atoms with Gasteiger partial charge in [0, 0.05) is 5.69 Å². The van der Waals surface area contributed by atoms with Crippen molar-refractivity contribution in [1.82, 2.24) is 5.32 Å². The average molecular weight is 191 g/mol. The maximum absolute atomic E-state index is 11.1. The molecule has 0 aliphatic carbocycles. The van der Waals surface area contributed by atoms with E-state index in [-0.39, 0.29) is 6.54 Å². The van der Waals surface area contributed by atoms with E-state index in [1.165, 1.54) is 0 Å². The Morgan fingerprint density at radius 1 is 1.36 bits per heavy atom. The normalized spacial score (nSPS) is 9.21. The number of benzene rings is 1. The largest absolute Gasteiger partial charge is 0.330 e. The van der Waals surface area contributed by atoms with Crippen molar-refractivity contribution in [3.63, 3.8) is 0 Å². The summed E-state index contributed by atoms with van der Waals surface area (Å²) in [5.41, 5.74) is 1.82. The van der Waals surface area contributed by atoms with Crippen LogP contribution in [-0.2, 0) is 4.79 Å². The Morgan fingerprint density at radius 3 is 2.57 bits per heavy atom. The number of hydrogen-bond acceptors (Lipinski definition) is 2. The Balaban J connectivity index is 2.47. The smallest absolute Gasteiger partial charge is 0.319 e. The summed E-state index contributed by atoms with van der Waals surface area (Å²) in [7, 11) is 0. The zero-order valence-electron chi connectivity index (χ0n) is 7.83. The van der Waals surface area contributed by atoms with Gasteiger partial charge in [0.1, 0.15) is 0 Å². The molecule has 4 nitrogen and oxygen atoms in total. The van der Waals surface area contributed by atoms with E-state index in [9.17, 15) is 9.59 Å². The third-order valence-electron chi connectivity index (χ3n) is 1.63. The number of amides is 2. The van der Waals surface area contributed by atoms with Crippen molar-refractivity contribution in [2.24, 2.45) is 0 Å². The minimum atomic E-state index is -0.405. The van der Waals surface area contributed by atoms with E-state index in [0.717, 1.165) is 5.56 Å². The summed E-state index contributed by atoms with van der Waals surface area (Å²) in [5, 5.41) is 4.90. The topological polar surface area (TPSA) is 58.2 Å². The molecule has 2 amide bonds. The molecule has 0 saturated heterocycles. The molecule has 0 unspecified atom stereocenters. The summed E-state index contributed by atoms with van der Waals surface area (Å²) in [6, 6.07) is 6.96. The molecule has 1 radical (unpaired) electrons. The summed E-state index contributed by atoms with van der Waals surface area (Å²) in [6.45, 7) is 1.86. The van der Waals surface area contributed by atoms with Crippen LogP contribution in [-0.4, -0.2) is 18.9 Å². The third kappa shape index (κ3) is 3.26. The third-order valence-corrected chi connectivity index (χ3v) is 1.63. The van der Waals surface area contributed by atoms with Crippen molar-refractivity contribution in [2.45, 2.75) is 6.92 Å². The fraction of sp³-hybridized carbons (Fsp3) is 0.200. The number of carbonyl (C=O) groups excluding carboxylic acids is 2. The Kier molecular flexibility index (Phi) is 3.67. The first-order chi connectivity index (χ1) is 6.72. The summed E-state index contributed by atoms with van der Waals surface area (Å²) >= 11 is 0. The van der Waals surface area contributed by atoms with Crippen LogP contribution in [0.1, 0.15) is 5.56 Å². The van der Waals surface area contributed by atoms with Gasteiger partial charge in [-0.15, -0.1) is 0 Å². The highest BCUT2D eigenvalue weighted by Crippen LogP contribution is 2.07. The van der Waals surface area contributed by atoms with Crippen LogP contribution in [0.2, 0.25) is 0 Å². The first-order valence-corrected chi connectivity index (χ1v) is 4.19. The Hall–Kier alpha value is -1.84. The molecular weight excluding hydrogens is 180 g/mol. The second-order valence-electron chi connectivity index (χ2n) is 2.82. The van der Waals surface area contributed by atoms with Crippen LogP contribution in [0.5, 0.6) is 0 Å². The lowest BCUT2D eigenvalue weighted by molar-refractivity contribution is 0.253. The molecule has 0 saturated carbocycles. The summed E-state index contributed by atoms with van der Waals surface area (Å²) < 4.78 is 0. The number of hydrogen-bond donors (Lipinski definition) is 2. The summed E-state index contributed by atoms with van der Waals surface area (Å²) in [5.74, 6) is 0. The highest BCUT2D eigenvalue weighted by atomic mass is 16.2. The lowest BCUT2D eigenvalue weighted by Crippen LogP contribution is -2.29. The van der Waals surface area contributed by atoms with Gasteiger partial charge in [-0.25, -0.2) is 4.79 Å². The maximum atomic E-state index is 11.1. The predicted octanol–water partition coefficient (Wildman–Crippen LogP) is 1.23. The Bertz CT molecular complexity index is 319. The molecule has 1 aromatic rings. The molecule has 1 aromatic carbocycles. The van der Waals surface area contributed by atoms with Crippen molar-refractivity contribution >= 4 is 18.0 Å². The first-order valence-electron chi connectivity index (χ1n) is 4.19. The molecular formula is C10H11N2O2. The molecule has 0 aliphatic heterocycles. The first kappa shape index (κ1) is 10.2. The van der Waals surface area contributed by atoms with Crippen LogP contribution in [0.3, 0.4) is 0 Å². The van der Waals surface area contributed by atoms with Gasteiger partial charge in [-0.2, -0.15) is 0 Å². The van der Waals surface area contributed by atoms with Crippen molar-refractivity contribution < 1.29 is 9.59 Å². The summed E-state index contributed by atoms with van der Waals surface area (Å²) in [6.07, 6.45) is 1.57. The van der Waals surface area contributed by atoms with Gasteiger partial charge in [0.25, 0.3) is 0 Å². The fourth-order valence-electron chi connectivity index (χ4n) is 0.929. The lowest BCUT2D eigenvalue weighted by Gasteiger charge is -2.04. The van der Waals surface area contributed by atoms with Gasteiger partial charge in [0.15, 0.2) is 0 Å². The molecule has 73 valence electrons. The van der Waals surface area contributed by atoms with Crippen LogP contribution in [0.4, 0.5) is 10.5 Å². The van der Waals surface area contributed by atoms with Gasteiger partial charge in [-0.1, -0.05) is 17.7 Å². The number of urea groups is 1. The second kappa shape index (κ2) is 5.01. The van der Waals surface area contributed by atoms with E-state index in [1.54, 1.807) is 18.4 Å². The number of anilines is 1. The quantitative estimate of drug-likeness (QED) is 0.754. The van der Waals surface area contributed by atoms with Gasteiger partial charge in [-0.05, 0) is 19.1 Å². The number of rotatable bonds is 3. The van der Waals surface area contributed by atoms with Crippen LogP contribution >= 0.6 is 0 Å². The fourth-order valence-corrected chi connectivity index (χ4v) is 0.929. The van der Waals surface area contributed by atoms with Crippen molar-refractivity contribution in [1.29, 1.82) is 0 Å². The van der Waals surface area contributed by atoms with Gasteiger partial charge in [0.2, 0.25) is 6.29 Å². The average Bonchev–Trinajstić information content (AvgIpc) is 2.18. The summed E-state index contributed by atoms with van der Waals surface area (Å²) in [4.78, 5) is 20.9. The zero-order chi connectivity index (χ0) is 10.4. The zero-order valence-corrected chi connectivity index (χ0v) is 7.83. The lowest BCUT2D eigenvalue weighted by atomic mass is 10.2. The second-order valence-corrected chi connectivity index (χ2v) is 2.82. The monoisotopic (exact) mass is 191 g/mol. The molecule has 2 N–H and O–H groups in total. The van der Waals surface area contributed by atoms with E-state index < -0.39 is 6.03 Å². The maximum Gasteiger partial charge on any atom is 0.319 e. The van der Waals surface area contributed by atoms with Gasteiger partial charge in [-0.3, -0.25) is 4.79 Å². The Labute approximate surface area is 82.3 Å². The van der Waals surface area contributed by atoms with Crippen molar-refractivity contribution in [3.8, 4) is 0 Å². The van der Waals surface area contributed by atoms with Gasteiger partial charge >= 0.3 is 6.03 Å². The van der Waals surface area contributed by atoms with Gasteiger partial charge in [0.05, 0.1) is 6.54 Å². The molecule has 4 heteroatoms. The van der Waals surface area contributed by atoms with E-state index in [0.29, 0.717) is 5.69 Å². The van der Waals surface area contributed by atoms with E-state index in [4.69, 9.17) is 0 Å². The van der Waals surface area contributed by atoms with Crippen molar-refractivity contribution in [3.05, 3.63) is 29.8 Å². The molecule has 1 rings (SSSR count). The van der Waals surface area contributed by atoms with Crippen LogP contribution < -0.4 is 10.6 Å². The molecule has 0 aliphatic rings. The van der Waals surface area contributed by atoms with E-state index in [2.05, 4.69) is 10.6 Å². The molecule has 0 heterocycles. The highest BCUT2D eigenvalue weighted by molar-refractivity contribution is 5.90. The standard InChI is InChI=1S/C10H11N2O2/c1-8-2-4-9(5-3-8)12-10(14)11-6-7-13/h2-5H,6H2,1H3,(H2,11,12,14). The molecule has 0 bridgehead atoms. The van der Waals surface area contributed by atoms with E-state index in [1.807, 2.05) is 19.1 Å². The molecule has 0 atom stereocenters. The molecule has 0 spiro atoms. The van der Waals surface area contributed by atoms with Crippen LogP contribution in [0.15, 0.2) is 24.3 Å². The minimum absolute atomic E-state index is 0.0995. The molecule has 14 heavy (non-hydrogen) atoms. The molecule has 0 aromatic heterocycles. The highest BCUT2D eigenvalue weighted by Gasteiger charge is 1.99. The minimum Gasteiger partial charge on any atom is -0.330 e. The van der Waals surface area contributed by atoms with Crippen LogP contribution in [0, 0.1) is 6.92 Å². The van der Waals surface area contributed by atoms with E-state index >= 15 is 0 Å². The molecule has 0 fully saturated rings.